The van der Waals surface area contributed by atoms with E-state index in [1.165, 1.54) is 0 Å². The monoisotopic (exact) mass is 305 g/mol. The van der Waals surface area contributed by atoms with Crippen LogP contribution in [0.1, 0.15) is 10.4 Å². The van der Waals surface area contributed by atoms with Gasteiger partial charge in [-0.05, 0) is 36.4 Å². The van der Waals surface area contributed by atoms with Crippen molar-refractivity contribution in [3.8, 4) is 0 Å². The molecule has 1 amide bonds. The summed E-state index contributed by atoms with van der Waals surface area (Å²) in [5, 5.41) is 3.14. The molecule has 0 saturated carbocycles. The summed E-state index contributed by atoms with van der Waals surface area (Å²) in [6.07, 6.45) is 0. The molecule has 2 aromatic rings. The third kappa shape index (κ3) is 2.81. The molecule has 0 fully saturated rings. The van der Waals surface area contributed by atoms with Gasteiger partial charge in [-0.3, -0.25) is 4.79 Å². The molecule has 0 saturated heterocycles. The fraction of sp³-hybridized carbons (Fsp3) is 0. The van der Waals surface area contributed by atoms with E-state index in [9.17, 15) is 4.79 Å². The molecule has 0 unspecified atom stereocenters. The molecule has 4 nitrogen and oxygen atoms in total. The van der Waals surface area contributed by atoms with Crippen LogP contribution in [0.5, 0.6) is 0 Å². The second-order valence-electron chi connectivity index (χ2n) is 3.80. The number of primary amides is 1. The Kier molecular flexibility index (Phi) is 3.53. The van der Waals surface area contributed by atoms with E-state index in [2.05, 4.69) is 21.2 Å². The van der Waals surface area contributed by atoms with Crippen molar-refractivity contribution in [2.24, 2.45) is 5.73 Å². The molecule has 0 bridgehead atoms. The Morgan fingerprint density at radius 1 is 1.17 bits per heavy atom. The standard InChI is InChI=1S/C13H12BrN3O/c14-8-2-1-3-10(6-8)17-12-5-4-9(15)7-11(12)13(16)18/h1-7,17H,15H2,(H2,16,18). The molecule has 0 heterocycles. The molecule has 0 spiro atoms. The van der Waals surface area contributed by atoms with Crippen molar-refractivity contribution in [2.45, 2.75) is 0 Å². The molecular weight excluding hydrogens is 294 g/mol. The molecular formula is C13H12BrN3O. The molecule has 92 valence electrons. The van der Waals surface area contributed by atoms with E-state index in [1.54, 1.807) is 18.2 Å². The molecule has 0 radical (unpaired) electrons. The van der Waals surface area contributed by atoms with Crippen LogP contribution in [0, 0.1) is 0 Å². The Bertz CT molecular complexity index is 599. The first-order valence-electron chi connectivity index (χ1n) is 5.28. The SMILES string of the molecule is NC(=O)c1cc(N)ccc1Nc1cccc(Br)c1. The number of rotatable bonds is 3. The highest BCUT2D eigenvalue weighted by Gasteiger charge is 2.08. The van der Waals surface area contributed by atoms with Crippen molar-refractivity contribution in [1.29, 1.82) is 0 Å². The van der Waals surface area contributed by atoms with E-state index in [-0.39, 0.29) is 0 Å². The predicted molar refractivity (Wildman–Crippen MR) is 76.8 cm³/mol. The van der Waals surface area contributed by atoms with Crippen molar-refractivity contribution in [1.82, 2.24) is 0 Å². The Hall–Kier alpha value is -2.01. The topological polar surface area (TPSA) is 81.1 Å². The van der Waals surface area contributed by atoms with Crippen LogP contribution >= 0.6 is 15.9 Å². The predicted octanol–water partition coefficient (Wildman–Crippen LogP) is 2.87. The van der Waals surface area contributed by atoms with E-state index < -0.39 is 5.91 Å². The number of nitrogens with one attached hydrogen (secondary N) is 1. The highest BCUT2D eigenvalue weighted by atomic mass is 79.9. The third-order valence-corrected chi connectivity index (χ3v) is 2.91. The highest BCUT2D eigenvalue weighted by Crippen LogP contribution is 2.24. The van der Waals surface area contributed by atoms with E-state index in [1.807, 2.05) is 24.3 Å². The maximum atomic E-state index is 11.3. The van der Waals surface area contributed by atoms with Gasteiger partial charge in [0.05, 0.1) is 11.3 Å². The number of carbonyl (C=O) groups is 1. The number of hydrogen-bond donors (Lipinski definition) is 3. The van der Waals surface area contributed by atoms with Crippen LogP contribution in [0.3, 0.4) is 0 Å². The van der Waals surface area contributed by atoms with Gasteiger partial charge in [0.1, 0.15) is 0 Å². The number of halogens is 1. The van der Waals surface area contributed by atoms with Gasteiger partial charge in [0.2, 0.25) is 0 Å². The summed E-state index contributed by atoms with van der Waals surface area (Å²) in [5.41, 5.74) is 13.3. The maximum Gasteiger partial charge on any atom is 0.250 e. The Balaban J connectivity index is 2.37. The lowest BCUT2D eigenvalue weighted by Crippen LogP contribution is -2.13. The number of hydrogen-bond acceptors (Lipinski definition) is 3. The summed E-state index contributed by atoms with van der Waals surface area (Å²) in [6, 6.07) is 12.6. The minimum absolute atomic E-state index is 0.370. The lowest BCUT2D eigenvalue weighted by atomic mass is 10.1. The summed E-state index contributed by atoms with van der Waals surface area (Å²) in [6.45, 7) is 0. The average molecular weight is 306 g/mol. The largest absolute Gasteiger partial charge is 0.399 e. The fourth-order valence-corrected chi connectivity index (χ4v) is 2.00. The Morgan fingerprint density at radius 2 is 1.94 bits per heavy atom. The Morgan fingerprint density at radius 3 is 2.61 bits per heavy atom. The maximum absolute atomic E-state index is 11.3. The summed E-state index contributed by atoms with van der Waals surface area (Å²) >= 11 is 3.38. The molecule has 0 atom stereocenters. The lowest BCUT2D eigenvalue weighted by Gasteiger charge is -2.11. The van der Waals surface area contributed by atoms with Crippen molar-refractivity contribution in [3.63, 3.8) is 0 Å². The van der Waals surface area contributed by atoms with Gasteiger partial charge in [0, 0.05) is 15.8 Å². The summed E-state index contributed by atoms with van der Waals surface area (Å²) < 4.78 is 0.948. The normalized spacial score (nSPS) is 10.1. The molecule has 5 heteroatoms. The molecule has 0 aliphatic heterocycles. The second-order valence-corrected chi connectivity index (χ2v) is 4.72. The zero-order valence-corrected chi connectivity index (χ0v) is 11.1. The van der Waals surface area contributed by atoms with E-state index >= 15 is 0 Å². The molecule has 0 aliphatic carbocycles. The lowest BCUT2D eigenvalue weighted by molar-refractivity contribution is 0.100. The summed E-state index contributed by atoms with van der Waals surface area (Å²) in [5.74, 6) is -0.514. The first kappa shape index (κ1) is 12.4. The van der Waals surface area contributed by atoms with Crippen molar-refractivity contribution in [3.05, 3.63) is 52.5 Å². The zero-order chi connectivity index (χ0) is 13.1. The van der Waals surface area contributed by atoms with E-state index in [0.29, 0.717) is 16.9 Å². The number of nitrogen functional groups attached to an aromatic ring is 1. The number of carbonyl (C=O) groups excluding carboxylic acids is 1. The number of nitrogens with two attached hydrogens (primary N) is 2. The van der Waals surface area contributed by atoms with Crippen LogP contribution in [0.4, 0.5) is 17.1 Å². The van der Waals surface area contributed by atoms with Crippen LogP contribution in [0.15, 0.2) is 46.9 Å². The number of amides is 1. The van der Waals surface area contributed by atoms with Crippen molar-refractivity contribution in [2.75, 3.05) is 11.1 Å². The molecule has 5 N–H and O–H groups in total. The van der Waals surface area contributed by atoms with Gasteiger partial charge >= 0.3 is 0 Å². The third-order valence-electron chi connectivity index (χ3n) is 2.41. The minimum Gasteiger partial charge on any atom is -0.399 e. The number of anilines is 3. The quantitative estimate of drug-likeness (QED) is 0.763. The van der Waals surface area contributed by atoms with Gasteiger partial charge in [0.15, 0.2) is 0 Å². The van der Waals surface area contributed by atoms with Gasteiger partial charge in [-0.15, -0.1) is 0 Å². The zero-order valence-electron chi connectivity index (χ0n) is 9.48. The minimum atomic E-state index is -0.514. The van der Waals surface area contributed by atoms with Gasteiger partial charge in [0.25, 0.3) is 5.91 Å². The van der Waals surface area contributed by atoms with E-state index in [0.717, 1.165) is 10.2 Å². The van der Waals surface area contributed by atoms with Crippen LogP contribution in [0.25, 0.3) is 0 Å². The molecule has 0 aliphatic rings. The number of benzene rings is 2. The Labute approximate surface area is 113 Å². The molecule has 2 aromatic carbocycles. The fourth-order valence-electron chi connectivity index (χ4n) is 1.60. The van der Waals surface area contributed by atoms with Crippen LogP contribution < -0.4 is 16.8 Å². The van der Waals surface area contributed by atoms with Crippen LogP contribution in [0.2, 0.25) is 0 Å². The van der Waals surface area contributed by atoms with Gasteiger partial charge in [-0.1, -0.05) is 22.0 Å². The first-order chi connectivity index (χ1) is 8.56. The van der Waals surface area contributed by atoms with E-state index in [4.69, 9.17) is 11.5 Å². The van der Waals surface area contributed by atoms with Crippen LogP contribution in [-0.4, -0.2) is 5.91 Å². The smallest absolute Gasteiger partial charge is 0.250 e. The van der Waals surface area contributed by atoms with Gasteiger partial charge in [-0.2, -0.15) is 0 Å². The molecule has 2 rings (SSSR count). The van der Waals surface area contributed by atoms with Crippen molar-refractivity contribution >= 4 is 38.9 Å². The van der Waals surface area contributed by atoms with Crippen LogP contribution in [-0.2, 0) is 0 Å². The van der Waals surface area contributed by atoms with Gasteiger partial charge < -0.3 is 16.8 Å². The average Bonchev–Trinajstić information content (AvgIpc) is 2.31. The molecule has 18 heavy (non-hydrogen) atoms. The van der Waals surface area contributed by atoms with Gasteiger partial charge in [-0.25, -0.2) is 0 Å². The first-order valence-corrected chi connectivity index (χ1v) is 6.07. The van der Waals surface area contributed by atoms with Crippen molar-refractivity contribution < 1.29 is 4.79 Å². The highest BCUT2D eigenvalue weighted by molar-refractivity contribution is 9.10. The summed E-state index contributed by atoms with van der Waals surface area (Å²) in [4.78, 5) is 11.3. The molecule has 0 aromatic heterocycles. The summed E-state index contributed by atoms with van der Waals surface area (Å²) in [7, 11) is 0. The second kappa shape index (κ2) is 5.10.